The summed E-state index contributed by atoms with van der Waals surface area (Å²) in [7, 11) is 2.17. The predicted molar refractivity (Wildman–Crippen MR) is 177 cm³/mol. The van der Waals surface area contributed by atoms with Crippen LogP contribution in [0, 0.1) is 11.3 Å². The average molecular weight is 623 g/mol. The molecule has 3 aromatic rings. The van der Waals surface area contributed by atoms with Crippen molar-refractivity contribution in [2.24, 2.45) is 0 Å². The number of hydrogen-bond donors (Lipinski definition) is 1. The molecule has 0 spiro atoms. The van der Waals surface area contributed by atoms with Gasteiger partial charge in [0.2, 0.25) is 5.91 Å². The number of hydrogen-bond acceptors (Lipinski definition) is 10. The van der Waals surface area contributed by atoms with Crippen LogP contribution in [0.3, 0.4) is 0 Å². The standard InChI is InChI=1S/C35H42N8O3/c1-3-32(45)43-19-16-41(22-26(43)8-12-36)33-29-9-13-40(31-21-27(44)20-25-6-4-5-7-28(25)31)23-30(29)37-34(38-33)46-24-35(10-11-35)42-17-14-39(2)15-18-42/h3-7,20-21,26,44H,1,8-11,13-19,22-24H2,2H3/t26-/m0/s1. The number of piperazine rings is 2. The second-order valence-corrected chi connectivity index (χ2v) is 13.1. The minimum absolute atomic E-state index is 0.0434. The Morgan fingerprint density at radius 3 is 2.67 bits per heavy atom. The van der Waals surface area contributed by atoms with E-state index >= 15 is 0 Å². The smallest absolute Gasteiger partial charge is 0.318 e. The Morgan fingerprint density at radius 2 is 1.91 bits per heavy atom. The Balaban J connectivity index is 1.20. The Labute approximate surface area is 270 Å². The second kappa shape index (κ2) is 12.4. The molecule has 3 aliphatic heterocycles. The van der Waals surface area contributed by atoms with Crippen molar-refractivity contribution in [2.45, 2.75) is 43.8 Å². The highest BCUT2D eigenvalue weighted by Crippen LogP contribution is 2.43. The SMILES string of the molecule is C=CC(=O)N1CCN(c2nc(OCC3(N4CCN(C)CC4)CC3)nc3c2CCN(c2cc(O)cc4ccccc24)C3)C[C@@H]1CC#N. The summed E-state index contributed by atoms with van der Waals surface area (Å²) in [6, 6.07) is 14.1. The third-order valence-corrected chi connectivity index (χ3v) is 10.2. The summed E-state index contributed by atoms with van der Waals surface area (Å²) in [4.78, 5) is 33.8. The zero-order valence-electron chi connectivity index (χ0n) is 26.6. The number of benzene rings is 2. The number of likely N-dealkylation sites (N-methyl/N-ethyl adjacent to an activating group) is 1. The fourth-order valence-electron chi connectivity index (χ4n) is 7.37. The van der Waals surface area contributed by atoms with Gasteiger partial charge in [-0.25, -0.2) is 0 Å². The molecule has 1 atom stereocenters. The van der Waals surface area contributed by atoms with Crippen molar-refractivity contribution in [2.75, 3.05) is 75.8 Å². The van der Waals surface area contributed by atoms with E-state index < -0.39 is 0 Å². The lowest BCUT2D eigenvalue weighted by Crippen LogP contribution is -2.55. The molecule has 4 aliphatic rings. The van der Waals surface area contributed by atoms with Crippen molar-refractivity contribution in [3.05, 3.63) is 60.3 Å². The van der Waals surface area contributed by atoms with Crippen LogP contribution >= 0.6 is 0 Å². The molecule has 1 saturated carbocycles. The van der Waals surface area contributed by atoms with Crippen LogP contribution in [0.15, 0.2) is 49.1 Å². The van der Waals surface area contributed by atoms with E-state index in [-0.39, 0.29) is 29.7 Å². The van der Waals surface area contributed by atoms with Crippen molar-refractivity contribution >= 4 is 28.2 Å². The van der Waals surface area contributed by atoms with E-state index in [0.29, 0.717) is 38.8 Å². The number of aromatic nitrogens is 2. The highest BCUT2D eigenvalue weighted by atomic mass is 16.5. The number of amides is 1. The fourth-order valence-corrected chi connectivity index (χ4v) is 7.37. The molecule has 0 unspecified atom stereocenters. The summed E-state index contributed by atoms with van der Waals surface area (Å²) >= 11 is 0. The van der Waals surface area contributed by atoms with Gasteiger partial charge >= 0.3 is 6.01 Å². The first-order valence-corrected chi connectivity index (χ1v) is 16.4. The molecule has 11 nitrogen and oxygen atoms in total. The summed E-state index contributed by atoms with van der Waals surface area (Å²) in [6.07, 6.45) is 4.50. The highest BCUT2D eigenvalue weighted by molar-refractivity contribution is 5.95. The van der Waals surface area contributed by atoms with Gasteiger partial charge < -0.3 is 29.4 Å². The monoisotopic (exact) mass is 622 g/mol. The lowest BCUT2D eigenvalue weighted by molar-refractivity contribution is -0.128. The molecule has 1 aliphatic carbocycles. The largest absolute Gasteiger partial charge is 0.508 e. The van der Waals surface area contributed by atoms with Crippen LogP contribution in [0.5, 0.6) is 11.8 Å². The number of phenols is 1. The van der Waals surface area contributed by atoms with Crippen LogP contribution in [-0.2, 0) is 17.8 Å². The van der Waals surface area contributed by atoms with E-state index in [1.54, 1.807) is 11.0 Å². The zero-order valence-corrected chi connectivity index (χ0v) is 26.6. The van der Waals surface area contributed by atoms with Crippen LogP contribution in [0.4, 0.5) is 11.5 Å². The number of carbonyl (C=O) groups excluding carboxylic acids is 1. The molecular weight excluding hydrogens is 580 g/mol. The van der Waals surface area contributed by atoms with Crippen molar-refractivity contribution in [1.29, 1.82) is 5.26 Å². The van der Waals surface area contributed by atoms with Crippen LogP contribution in [0.2, 0.25) is 0 Å². The summed E-state index contributed by atoms with van der Waals surface area (Å²) < 4.78 is 6.50. The van der Waals surface area contributed by atoms with Gasteiger partial charge in [-0.3, -0.25) is 9.69 Å². The summed E-state index contributed by atoms with van der Waals surface area (Å²) in [5.74, 6) is 0.917. The molecule has 0 bridgehead atoms. The van der Waals surface area contributed by atoms with Gasteiger partial charge in [0, 0.05) is 75.1 Å². The number of aromatic hydroxyl groups is 1. The maximum absolute atomic E-state index is 12.6. The first kappa shape index (κ1) is 30.3. The zero-order chi connectivity index (χ0) is 31.8. The van der Waals surface area contributed by atoms with Gasteiger partial charge in [0.25, 0.3) is 0 Å². The first-order chi connectivity index (χ1) is 22.4. The van der Waals surface area contributed by atoms with Gasteiger partial charge in [-0.2, -0.15) is 15.2 Å². The molecule has 2 aromatic carbocycles. The van der Waals surface area contributed by atoms with E-state index in [1.807, 2.05) is 24.3 Å². The number of ether oxygens (including phenoxy) is 1. The lowest BCUT2D eigenvalue weighted by Gasteiger charge is -2.42. The molecule has 46 heavy (non-hydrogen) atoms. The third-order valence-electron chi connectivity index (χ3n) is 10.2. The van der Waals surface area contributed by atoms with E-state index in [0.717, 1.165) is 85.5 Å². The second-order valence-electron chi connectivity index (χ2n) is 13.1. The van der Waals surface area contributed by atoms with Gasteiger partial charge in [-0.1, -0.05) is 30.8 Å². The van der Waals surface area contributed by atoms with Crippen molar-refractivity contribution in [3.63, 3.8) is 0 Å². The maximum atomic E-state index is 12.6. The molecule has 4 heterocycles. The summed E-state index contributed by atoms with van der Waals surface area (Å²) in [6.45, 7) is 11.3. The minimum Gasteiger partial charge on any atom is -0.508 e. The minimum atomic E-state index is -0.259. The van der Waals surface area contributed by atoms with Crippen LogP contribution in [0.1, 0.15) is 30.5 Å². The van der Waals surface area contributed by atoms with Gasteiger partial charge in [-0.15, -0.1) is 0 Å². The maximum Gasteiger partial charge on any atom is 0.318 e. The Bertz CT molecular complexity index is 1680. The summed E-state index contributed by atoms with van der Waals surface area (Å²) in [5, 5.41) is 22.2. The van der Waals surface area contributed by atoms with Gasteiger partial charge in [0.05, 0.1) is 36.3 Å². The third kappa shape index (κ3) is 5.83. The van der Waals surface area contributed by atoms with Gasteiger partial charge in [0.1, 0.15) is 18.2 Å². The van der Waals surface area contributed by atoms with Crippen LogP contribution in [0.25, 0.3) is 10.8 Å². The molecule has 0 radical (unpaired) electrons. The molecule has 7 rings (SSSR count). The molecule has 1 N–H and O–H groups in total. The number of rotatable bonds is 8. The van der Waals surface area contributed by atoms with Crippen LogP contribution in [-0.4, -0.2) is 113 Å². The predicted octanol–water partition coefficient (Wildman–Crippen LogP) is 3.17. The number of carbonyl (C=O) groups is 1. The van der Waals surface area contributed by atoms with Gasteiger partial charge in [-0.05, 0) is 43.8 Å². The average Bonchev–Trinajstić information content (AvgIpc) is 3.87. The molecule has 11 heteroatoms. The molecule has 1 aromatic heterocycles. The van der Waals surface area contributed by atoms with E-state index in [2.05, 4.69) is 45.4 Å². The highest BCUT2D eigenvalue weighted by Gasteiger charge is 2.49. The Kier molecular flexibility index (Phi) is 8.17. The number of nitriles is 1. The molecule has 2 saturated heterocycles. The normalized spacial score (nSPS) is 21.5. The number of nitrogens with zero attached hydrogens (tertiary/aromatic N) is 8. The number of anilines is 2. The fraction of sp³-hybridized carbons (Fsp3) is 0.486. The number of fused-ring (bicyclic) bond motifs is 2. The van der Waals surface area contributed by atoms with Crippen molar-refractivity contribution in [1.82, 2.24) is 24.7 Å². The Hall–Kier alpha value is -4.40. The molecule has 240 valence electrons. The first-order valence-electron chi connectivity index (χ1n) is 16.4. The molecular formula is C35H42N8O3. The summed E-state index contributed by atoms with van der Waals surface area (Å²) in [5.41, 5.74) is 3.00. The lowest BCUT2D eigenvalue weighted by atomic mass is 10.0. The topological polar surface area (TPSA) is 112 Å². The van der Waals surface area contributed by atoms with Crippen LogP contribution < -0.4 is 14.5 Å². The molecule has 1 amide bonds. The number of phenolic OH excluding ortho intramolecular Hbond substituents is 1. The van der Waals surface area contributed by atoms with E-state index in [9.17, 15) is 15.2 Å². The quantitative estimate of drug-likeness (QED) is 0.376. The van der Waals surface area contributed by atoms with E-state index in [1.165, 1.54) is 6.08 Å². The van der Waals surface area contributed by atoms with E-state index in [4.69, 9.17) is 14.7 Å². The Morgan fingerprint density at radius 1 is 1.11 bits per heavy atom. The molecule has 3 fully saturated rings. The van der Waals surface area contributed by atoms with Crippen molar-refractivity contribution in [3.8, 4) is 17.8 Å². The van der Waals surface area contributed by atoms with Gasteiger partial charge in [0.15, 0.2) is 0 Å². The van der Waals surface area contributed by atoms with Crippen molar-refractivity contribution < 1.29 is 14.6 Å².